The van der Waals surface area contributed by atoms with Crippen molar-refractivity contribution in [3.63, 3.8) is 0 Å². The fraction of sp³-hybridized carbons (Fsp3) is 0.778. The number of hydrogen-bond donors (Lipinski definition) is 0. The van der Waals surface area contributed by atoms with E-state index in [1.54, 1.807) is 0 Å². The minimum absolute atomic E-state index is 0.411. The summed E-state index contributed by atoms with van der Waals surface area (Å²) in [5.74, 6) is 0. The lowest BCUT2D eigenvalue weighted by atomic mass is 9.83. The van der Waals surface area contributed by atoms with Gasteiger partial charge in [0.25, 0.3) is 0 Å². The van der Waals surface area contributed by atoms with Crippen LogP contribution in [0.15, 0.2) is 11.6 Å². The van der Waals surface area contributed by atoms with E-state index in [2.05, 4.69) is 40.7 Å². The lowest BCUT2D eigenvalue weighted by molar-refractivity contribution is 0.429. The van der Waals surface area contributed by atoms with Gasteiger partial charge in [-0.3, -0.25) is 0 Å². The Balaban J connectivity index is 4.14. The molecule has 0 unspecified atom stereocenters. The minimum atomic E-state index is 0.411. The van der Waals surface area contributed by atoms with Crippen LogP contribution in [0.3, 0.4) is 0 Å². The van der Waals surface area contributed by atoms with Gasteiger partial charge in [0.15, 0.2) is 0 Å². The average molecular weight is 126 g/mol. The van der Waals surface area contributed by atoms with E-state index in [1.807, 2.05) is 0 Å². The van der Waals surface area contributed by atoms with E-state index in [0.29, 0.717) is 5.41 Å². The molecule has 0 nitrogen and oxygen atoms in total. The van der Waals surface area contributed by atoms with Crippen molar-refractivity contribution in [1.82, 2.24) is 0 Å². The molecule has 0 aliphatic rings. The summed E-state index contributed by atoms with van der Waals surface area (Å²) in [4.78, 5) is 0. The molecule has 0 saturated carbocycles. The molecule has 0 atom stereocenters. The molecule has 0 amide bonds. The van der Waals surface area contributed by atoms with Crippen LogP contribution in [0.5, 0.6) is 0 Å². The summed E-state index contributed by atoms with van der Waals surface area (Å²) in [7, 11) is 0. The van der Waals surface area contributed by atoms with Crippen molar-refractivity contribution in [3.8, 4) is 0 Å². The molecule has 0 heteroatoms. The van der Waals surface area contributed by atoms with E-state index in [9.17, 15) is 0 Å². The van der Waals surface area contributed by atoms with Gasteiger partial charge in [-0.1, -0.05) is 32.4 Å². The van der Waals surface area contributed by atoms with Crippen LogP contribution < -0.4 is 0 Å². The summed E-state index contributed by atoms with van der Waals surface area (Å²) in [6.45, 7) is 11.1. The standard InChI is InChI=1S/C9H18/c1-6-8(3)9(4,5)7-2/h6H,7H2,1-5H3/b8-6-. The quantitative estimate of drug-likeness (QED) is 0.497. The van der Waals surface area contributed by atoms with Gasteiger partial charge >= 0.3 is 0 Å². The maximum Gasteiger partial charge on any atom is -0.0150 e. The highest BCUT2D eigenvalue weighted by molar-refractivity contribution is 5.06. The van der Waals surface area contributed by atoms with Gasteiger partial charge in [-0.25, -0.2) is 0 Å². The summed E-state index contributed by atoms with van der Waals surface area (Å²) in [5.41, 5.74) is 1.90. The third kappa shape index (κ3) is 2.21. The molecular weight excluding hydrogens is 108 g/mol. The van der Waals surface area contributed by atoms with Crippen LogP contribution in [-0.4, -0.2) is 0 Å². The normalized spacial score (nSPS) is 14.1. The Morgan fingerprint density at radius 1 is 1.44 bits per heavy atom. The molecule has 9 heavy (non-hydrogen) atoms. The summed E-state index contributed by atoms with van der Waals surface area (Å²) in [6.07, 6.45) is 3.42. The molecule has 0 aliphatic carbocycles. The topological polar surface area (TPSA) is 0 Å². The predicted molar refractivity (Wildman–Crippen MR) is 43.5 cm³/mol. The van der Waals surface area contributed by atoms with Crippen molar-refractivity contribution in [2.24, 2.45) is 5.41 Å². The van der Waals surface area contributed by atoms with Crippen LogP contribution in [-0.2, 0) is 0 Å². The zero-order valence-corrected chi connectivity index (χ0v) is 7.28. The largest absolute Gasteiger partial charge is 0.0882 e. The Morgan fingerprint density at radius 2 is 1.89 bits per heavy atom. The highest BCUT2D eigenvalue weighted by Crippen LogP contribution is 2.28. The van der Waals surface area contributed by atoms with Crippen LogP contribution in [0.4, 0.5) is 0 Å². The van der Waals surface area contributed by atoms with Crippen molar-refractivity contribution in [2.45, 2.75) is 41.0 Å². The van der Waals surface area contributed by atoms with Crippen LogP contribution in [0.2, 0.25) is 0 Å². The minimum Gasteiger partial charge on any atom is -0.0882 e. The molecule has 54 valence electrons. The lowest BCUT2D eigenvalue weighted by Crippen LogP contribution is -2.10. The molecule has 0 spiro atoms. The molecule has 0 aromatic rings. The second-order valence-electron chi connectivity index (χ2n) is 3.21. The summed E-state index contributed by atoms with van der Waals surface area (Å²) >= 11 is 0. The van der Waals surface area contributed by atoms with Gasteiger partial charge in [-0.15, -0.1) is 0 Å². The molecule has 0 fully saturated rings. The van der Waals surface area contributed by atoms with Crippen molar-refractivity contribution in [2.75, 3.05) is 0 Å². The maximum atomic E-state index is 2.28. The molecule has 0 N–H and O–H groups in total. The molecule has 0 radical (unpaired) electrons. The van der Waals surface area contributed by atoms with Gasteiger partial charge in [0, 0.05) is 0 Å². The molecule has 0 bridgehead atoms. The van der Waals surface area contributed by atoms with Gasteiger partial charge in [-0.05, 0) is 25.7 Å². The van der Waals surface area contributed by atoms with E-state index < -0.39 is 0 Å². The molecule has 0 saturated heterocycles. The lowest BCUT2D eigenvalue weighted by Gasteiger charge is -2.23. The SMILES string of the molecule is C/C=C(/C)C(C)(C)CC. The second-order valence-corrected chi connectivity index (χ2v) is 3.21. The fourth-order valence-electron chi connectivity index (χ4n) is 0.670. The first-order chi connectivity index (χ1) is 4.04. The van der Waals surface area contributed by atoms with Crippen LogP contribution in [0.25, 0.3) is 0 Å². The highest BCUT2D eigenvalue weighted by Gasteiger charge is 2.15. The van der Waals surface area contributed by atoms with Crippen molar-refractivity contribution < 1.29 is 0 Å². The summed E-state index contributed by atoms with van der Waals surface area (Å²) in [6, 6.07) is 0. The zero-order chi connectivity index (χ0) is 7.49. The van der Waals surface area contributed by atoms with Gasteiger partial charge in [0.1, 0.15) is 0 Å². The van der Waals surface area contributed by atoms with Gasteiger partial charge < -0.3 is 0 Å². The molecule has 0 rings (SSSR count). The van der Waals surface area contributed by atoms with E-state index >= 15 is 0 Å². The molecular formula is C9H18. The van der Waals surface area contributed by atoms with Crippen molar-refractivity contribution in [3.05, 3.63) is 11.6 Å². The third-order valence-electron chi connectivity index (χ3n) is 2.38. The summed E-state index contributed by atoms with van der Waals surface area (Å²) in [5, 5.41) is 0. The van der Waals surface area contributed by atoms with Crippen molar-refractivity contribution >= 4 is 0 Å². The molecule has 0 heterocycles. The monoisotopic (exact) mass is 126 g/mol. The third-order valence-corrected chi connectivity index (χ3v) is 2.38. The van der Waals surface area contributed by atoms with Crippen LogP contribution in [0.1, 0.15) is 41.0 Å². The second kappa shape index (κ2) is 3.05. The van der Waals surface area contributed by atoms with E-state index in [4.69, 9.17) is 0 Å². The smallest absolute Gasteiger partial charge is 0.0150 e. The van der Waals surface area contributed by atoms with Crippen LogP contribution >= 0.6 is 0 Å². The predicted octanol–water partition coefficient (Wildman–Crippen LogP) is 3.39. The Bertz CT molecular complexity index is 107. The Morgan fingerprint density at radius 3 is 2.00 bits per heavy atom. The number of hydrogen-bond acceptors (Lipinski definition) is 0. The molecule has 0 aromatic carbocycles. The van der Waals surface area contributed by atoms with Crippen molar-refractivity contribution in [1.29, 1.82) is 0 Å². The zero-order valence-electron chi connectivity index (χ0n) is 7.28. The molecule has 0 aromatic heterocycles. The van der Waals surface area contributed by atoms with Gasteiger partial charge in [0.05, 0.1) is 0 Å². The first-order valence-electron chi connectivity index (χ1n) is 3.68. The maximum absolute atomic E-state index is 2.28. The number of rotatable bonds is 2. The average Bonchev–Trinajstić information content (AvgIpc) is 1.86. The Hall–Kier alpha value is -0.260. The van der Waals surface area contributed by atoms with Crippen LogP contribution in [0, 0.1) is 5.41 Å². The van der Waals surface area contributed by atoms with Gasteiger partial charge in [-0.2, -0.15) is 0 Å². The first kappa shape index (κ1) is 8.74. The van der Waals surface area contributed by atoms with Gasteiger partial charge in [0.2, 0.25) is 0 Å². The highest BCUT2D eigenvalue weighted by atomic mass is 14.2. The Labute approximate surface area is 59.0 Å². The van der Waals surface area contributed by atoms with E-state index in [-0.39, 0.29) is 0 Å². The van der Waals surface area contributed by atoms with E-state index in [0.717, 1.165) is 0 Å². The molecule has 0 aliphatic heterocycles. The van der Waals surface area contributed by atoms with E-state index in [1.165, 1.54) is 12.0 Å². The fourth-order valence-corrected chi connectivity index (χ4v) is 0.670. The Kier molecular flexibility index (Phi) is 2.96. The summed E-state index contributed by atoms with van der Waals surface area (Å²) < 4.78 is 0. The number of allylic oxidation sites excluding steroid dienone is 2. The first-order valence-corrected chi connectivity index (χ1v) is 3.68.